The number of carbonyl (C=O) groups excluding carboxylic acids is 2. The molecule has 0 bridgehead atoms. The summed E-state index contributed by atoms with van der Waals surface area (Å²) in [4.78, 5) is 58.4. The number of benzene rings is 1. The van der Waals surface area contributed by atoms with Gasteiger partial charge in [0.1, 0.15) is 5.52 Å². The highest BCUT2D eigenvalue weighted by Gasteiger charge is 2.23. The van der Waals surface area contributed by atoms with Crippen molar-refractivity contribution in [2.24, 2.45) is 0 Å². The number of methoxy groups -OCH3 is 1. The Morgan fingerprint density at radius 1 is 0.978 bits per heavy atom. The van der Waals surface area contributed by atoms with Crippen LogP contribution in [-0.2, 0) is 33.8 Å². The molecule has 3 heterocycles. The largest absolute Gasteiger partial charge is 0.469 e. The van der Waals surface area contributed by atoms with Crippen molar-refractivity contribution in [1.82, 2.24) is 39.1 Å². The molecule has 0 spiro atoms. The van der Waals surface area contributed by atoms with Crippen LogP contribution in [0.25, 0.3) is 11.2 Å². The van der Waals surface area contributed by atoms with Gasteiger partial charge in [0.15, 0.2) is 11.5 Å². The van der Waals surface area contributed by atoms with Gasteiger partial charge in [0, 0.05) is 58.9 Å². The Balaban J connectivity index is 1.44. The van der Waals surface area contributed by atoms with E-state index in [-0.39, 0.29) is 35.8 Å². The van der Waals surface area contributed by atoms with Gasteiger partial charge < -0.3 is 30.0 Å². The Morgan fingerprint density at radius 2 is 1.67 bits per heavy atom. The van der Waals surface area contributed by atoms with Crippen molar-refractivity contribution < 1.29 is 19.1 Å². The van der Waals surface area contributed by atoms with E-state index in [1.165, 1.54) is 11.7 Å². The quantitative estimate of drug-likeness (QED) is 0.162. The number of amides is 1. The molecule has 1 aliphatic heterocycles. The molecule has 0 aliphatic carbocycles. The maximum Gasteiger partial charge on any atom is 0.327 e. The van der Waals surface area contributed by atoms with E-state index in [4.69, 9.17) is 15.2 Å². The Bertz CT molecular complexity index is 1480. The number of H-pyrrole nitrogens is 1. The second kappa shape index (κ2) is 17.1. The average Bonchev–Trinajstić information content (AvgIpc) is 3.36. The number of likely N-dealkylation sites (N-methyl/N-ethyl adjacent to an activating group) is 1. The number of esters is 1. The fourth-order valence-electron chi connectivity index (χ4n) is 5.35. The molecule has 1 aromatic carbocycles. The summed E-state index contributed by atoms with van der Waals surface area (Å²) in [6.45, 7) is 9.59. The first-order valence-corrected chi connectivity index (χ1v) is 16.1. The van der Waals surface area contributed by atoms with E-state index in [0.29, 0.717) is 50.4 Å². The standard InChI is InChI=1S/C32H49N9O5/c1-5-6-20-46-31-35-29(33)28-30(36-31)41(32(44)34-28)13-7-12-40(22-25-10-8-24(9-11-25)21-27(43)45-4)26(42)23-39-18-16-38(17-19-39)15-14-37(2)3/h8-11H,5-7,12-23H2,1-4H3,(H,34,44)(H2,33,35,36). The fraction of sp³-hybridized carbons (Fsp3) is 0.594. The molecule has 0 unspecified atom stereocenters. The van der Waals surface area contributed by atoms with Gasteiger partial charge in [0.25, 0.3) is 0 Å². The second-order valence-electron chi connectivity index (χ2n) is 12.0. The minimum absolute atomic E-state index is 0.0323. The first kappa shape index (κ1) is 34.9. The lowest BCUT2D eigenvalue weighted by atomic mass is 10.1. The Hall–Kier alpha value is -4.01. The zero-order valence-electron chi connectivity index (χ0n) is 27.7. The van der Waals surface area contributed by atoms with Crippen LogP contribution in [-0.4, -0.2) is 131 Å². The van der Waals surface area contributed by atoms with E-state index in [2.05, 4.69) is 50.7 Å². The van der Waals surface area contributed by atoms with Gasteiger partial charge >= 0.3 is 17.7 Å². The number of hydrogen-bond acceptors (Lipinski definition) is 11. The number of nitrogens with two attached hydrogens (primary N) is 1. The number of unbranched alkanes of at least 4 members (excludes halogenated alkanes) is 1. The van der Waals surface area contributed by atoms with E-state index in [9.17, 15) is 14.4 Å². The molecule has 0 saturated carbocycles. The zero-order chi connectivity index (χ0) is 33.1. The van der Waals surface area contributed by atoms with E-state index in [1.54, 1.807) is 0 Å². The minimum atomic E-state index is -0.340. The van der Waals surface area contributed by atoms with Gasteiger partial charge in [-0.2, -0.15) is 9.97 Å². The van der Waals surface area contributed by atoms with Crippen LogP contribution >= 0.6 is 0 Å². The summed E-state index contributed by atoms with van der Waals surface area (Å²) in [5.74, 6) is -0.114. The van der Waals surface area contributed by atoms with Crippen molar-refractivity contribution in [2.75, 3.05) is 85.9 Å². The summed E-state index contributed by atoms with van der Waals surface area (Å²) in [5.41, 5.74) is 8.33. The molecule has 14 heteroatoms. The van der Waals surface area contributed by atoms with Gasteiger partial charge in [-0.1, -0.05) is 37.6 Å². The number of piperazine rings is 1. The van der Waals surface area contributed by atoms with Gasteiger partial charge in [-0.05, 0) is 38.1 Å². The Morgan fingerprint density at radius 3 is 2.35 bits per heavy atom. The monoisotopic (exact) mass is 639 g/mol. The van der Waals surface area contributed by atoms with Crippen LogP contribution in [0.5, 0.6) is 6.01 Å². The number of rotatable bonds is 17. The van der Waals surface area contributed by atoms with Crippen LogP contribution in [0.4, 0.5) is 5.82 Å². The third-order valence-electron chi connectivity index (χ3n) is 8.18. The highest BCUT2D eigenvalue weighted by molar-refractivity contribution is 5.82. The Labute approximate surface area is 270 Å². The lowest BCUT2D eigenvalue weighted by Crippen LogP contribution is -2.51. The molecule has 3 aromatic rings. The minimum Gasteiger partial charge on any atom is -0.469 e. The lowest BCUT2D eigenvalue weighted by molar-refractivity contribution is -0.139. The van der Waals surface area contributed by atoms with Gasteiger partial charge in [-0.3, -0.25) is 24.0 Å². The number of nitrogens with zero attached hydrogens (tertiary/aromatic N) is 7. The normalized spacial score (nSPS) is 14.2. The van der Waals surface area contributed by atoms with Gasteiger partial charge in [-0.15, -0.1) is 0 Å². The number of anilines is 1. The van der Waals surface area contributed by atoms with Gasteiger partial charge in [0.05, 0.1) is 26.7 Å². The maximum atomic E-state index is 13.7. The van der Waals surface area contributed by atoms with E-state index in [0.717, 1.165) is 63.2 Å². The molecule has 0 atom stereocenters. The van der Waals surface area contributed by atoms with Crippen molar-refractivity contribution in [3.8, 4) is 6.01 Å². The number of hydrogen-bond donors (Lipinski definition) is 2. The first-order chi connectivity index (χ1) is 22.2. The van der Waals surface area contributed by atoms with Gasteiger partial charge in [-0.25, -0.2) is 4.79 Å². The van der Waals surface area contributed by atoms with E-state index in [1.807, 2.05) is 29.2 Å². The van der Waals surface area contributed by atoms with Gasteiger partial charge in [0.2, 0.25) is 5.91 Å². The predicted octanol–water partition coefficient (Wildman–Crippen LogP) is 1.19. The summed E-state index contributed by atoms with van der Waals surface area (Å²) in [6.07, 6.45) is 2.53. The van der Waals surface area contributed by atoms with E-state index < -0.39 is 0 Å². The number of imidazole rings is 1. The van der Waals surface area contributed by atoms with Crippen LogP contribution in [0.15, 0.2) is 29.1 Å². The number of aromatic amines is 1. The molecule has 1 aliphatic rings. The number of fused-ring (bicyclic) bond motifs is 1. The topological polar surface area (TPSA) is 155 Å². The molecule has 4 rings (SSSR count). The van der Waals surface area contributed by atoms with E-state index >= 15 is 0 Å². The third-order valence-corrected chi connectivity index (χ3v) is 8.18. The summed E-state index contributed by atoms with van der Waals surface area (Å²) in [6, 6.07) is 7.79. The molecule has 46 heavy (non-hydrogen) atoms. The highest BCUT2D eigenvalue weighted by atomic mass is 16.5. The van der Waals surface area contributed by atoms with Crippen LogP contribution in [0.2, 0.25) is 0 Å². The molecule has 2 aromatic heterocycles. The SMILES string of the molecule is CCCCOc1nc(N)c2[nH]c(=O)n(CCCN(Cc3ccc(CC(=O)OC)cc3)C(=O)CN3CCN(CCN(C)C)CC3)c2n1. The van der Waals surface area contributed by atoms with Crippen LogP contribution in [0.3, 0.4) is 0 Å². The number of nitrogens with one attached hydrogen (secondary N) is 1. The van der Waals surface area contributed by atoms with Crippen molar-refractivity contribution in [2.45, 2.75) is 45.7 Å². The zero-order valence-corrected chi connectivity index (χ0v) is 27.7. The molecular weight excluding hydrogens is 590 g/mol. The number of aromatic nitrogens is 4. The molecule has 1 saturated heterocycles. The van der Waals surface area contributed by atoms with Crippen LogP contribution in [0.1, 0.15) is 37.3 Å². The Kier molecular flexibility index (Phi) is 12.9. The maximum absolute atomic E-state index is 13.7. The highest BCUT2D eigenvalue weighted by Crippen LogP contribution is 2.18. The van der Waals surface area contributed by atoms with Crippen molar-refractivity contribution in [3.05, 3.63) is 45.9 Å². The van der Waals surface area contributed by atoms with Crippen molar-refractivity contribution in [1.29, 1.82) is 0 Å². The number of ether oxygens (including phenoxy) is 2. The number of aryl methyl sites for hydroxylation is 1. The van der Waals surface area contributed by atoms with Crippen molar-refractivity contribution in [3.63, 3.8) is 0 Å². The third kappa shape index (κ3) is 9.99. The lowest BCUT2D eigenvalue weighted by Gasteiger charge is -2.36. The van der Waals surface area contributed by atoms with Crippen molar-refractivity contribution >= 4 is 28.9 Å². The fourth-order valence-corrected chi connectivity index (χ4v) is 5.35. The summed E-state index contributed by atoms with van der Waals surface area (Å²) in [7, 11) is 5.53. The predicted molar refractivity (Wildman–Crippen MR) is 177 cm³/mol. The summed E-state index contributed by atoms with van der Waals surface area (Å²) < 4.78 is 12.0. The average molecular weight is 640 g/mol. The molecule has 0 radical (unpaired) electrons. The number of carbonyl (C=O) groups is 2. The van der Waals surface area contributed by atoms with Crippen LogP contribution in [0, 0.1) is 0 Å². The summed E-state index contributed by atoms with van der Waals surface area (Å²) >= 11 is 0. The molecule has 3 N–H and O–H groups in total. The molecule has 14 nitrogen and oxygen atoms in total. The second-order valence-corrected chi connectivity index (χ2v) is 12.0. The molecular formula is C32H49N9O5. The summed E-state index contributed by atoms with van der Waals surface area (Å²) in [5, 5.41) is 0. The molecule has 1 fully saturated rings. The smallest absolute Gasteiger partial charge is 0.327 e. The molecule has 1 amide bonds. The van der Waals surface area contributed by atoms with Crippen LogP contribution < -0.4 is 16.2 Å². The molecule has 252 valence electrons. The first-order valence-electron chi connectivity index (χ1n) is 16.1. The number of nitrogen functional groups attached to an aromatic ring is 1.